The first kappa shape index (κ1) is 24.6. The molecular formula is C28H29N9O2. The van der Waals surface area contributed by atoms with Crippen molar-refractivity contribution in [2.45, 2.75) is 12.8 Å². The molecule has 0 unspecified atom stereocenters. The van der Waals surface area contributed by atoms with Crippen LogP contribution in [0.2, 0.25) is 0 Å². The Kier molecular flexibility index (Phi) is 6.41. The molecule has 1 aliphatic heterocycles. The Morgan fingerprint density at radius 3 is 2.69 bits per heavy atom. The van der Waals surface area contributed by atoms with E-state index in [0.717, 1.165) is 40.3 Å². The number of fused-ring (bicyclic) bond motifs is 2. The molecule has 5 heterocycles. The molecule has 0 bridgehead atoms. The van der Waals surface area contributed by atoms with Gasteiger partial charge in [0.25, 0.3) is 0 Å². The molecule has 0 atom stereocenters. The molecule has 39 heavy (non-hydrogen) atoms. The summed E-state index contributed by atoms with van der Waals surface area (Å²) < 4.78 is 9.63. The van der Waals surface area contributed by atoms with Gasteiger partial charge in [-0.1, -0.05) is 6.08 Å². The number of hydrogen-bond donors (Lipinski definition) is 1. The topological polar surface area (TPSA) is 105 Å². The summed E-state index contributed by atoms with van der Waals surface area (Å²) in [5.41, 5.74) is 4.62. The van der Waals surface area contributed by atoms with Crippen molar-refractivity contribution in [3.63, 3.8) is 0 Å². The molecule has 1 N–H and O–H groups in total. The number of aryl methyl sites for hydroxylation is 1. The zero-order valence-electron chi connectivity index (χ0n) is 22.0. The van der Waals surface area contributed by atoms with Crippen molar-refractivity contribution in [1.82, 2.24) is 39.0 Å². The monoisotopic (exact) mass is 523 g/mol. The summed E-state index contributed by atoms with van der Waals surface area (Å²) in [7, 11) is 3.95. The lowest BCUT2D eigenvalue weighted by molar-refractivity contribution is -0.130. The fourth-order valence-corrected chi connectivity index (χ4v) is 4.69. The number of benzene rings is 1. The first-order valence-corrected chi connectivity index (χ1v) is 12.7. The third-order valence-corrected chi connectivity index (χ3v) is 6.77. The molecule has 1 saturated heterocycles. The lowest BCUT2D eigenvalue weighted by atomic mass is 9.92. The maximum Gasteiger partial charge on any atom is 0.246 e. The van der Waals surface area contributed by atoms with E-state index < -0.39 is 0 Å². The number of anilines is 2. The molecule has 1 amide bonds. The van der Waals surface area contributed by atoms with E-state index in [0.29, 0.717) is 24.7 Å². The lowest BCUT2D eigenvalue weighted by Crippen LogP contribution is -2.47. The van der Waals surface area contributed by atoms with Crippen LogP contribution in [0.4, 0.5) is 11.5 Å². The molecule has 1 fully saturated rings. The fraction of sp³-hybridized carbons (Fsp3) is 0.250. The Hall–Kier alpha value is -4.77. The van der Waals surface area contributed by atoms with Crippen molar-refractivity contribution in [2.24, 2.45) is 0 Å². The van der Waals surface area contributed by atoms with Crippen LogP contribution in [0.3, 0.4) is 0 Å². The summed E-state index contributed by atoms with van der Waals surface area (Å²) in [6, 6.07) is 11.7. The molecular weight excluding hydrogens is 494 g/mol. The average molecular weight is 524 g/mol. The van der Waals surface area contributed by atoms with Crippen molar-refractivity contribution in [2.75, 3.05) is 39.0 Å². The van der Waals surface area contributed by atoms with Crippen molar-refractivity contribution in [1.29, 1.82) is 0 Å². The second kappa shape index (κ2) is 10.2. The number of carbonyl (C=O) groups is 1. The first-order valence-electron chi connectivity index (χ1n) is 12.7. The Bertz CT molecular complexity index is 1680. The number of likely N-dealkylation sites (N-methyl/N-ethyl adjacent to an activating group) is 1. The van der Waals surface area contributed by atoms with E-state index in [2.05, 4.69) is 31.5 Å². The highest BCUT2D eigenvalue weighted by Gasteiger charge is 2.33. The van der Waals surface area contributed by atoms with Crippen LogP contribution in [-0.4, -0.2) is 78.6 Å². The van der Waals surface area contributed by atoms with E-state index >= 15 is 0 Å². The molecule has 1 aromatic carbocycles. The number of nitrogens with zero attached hydrogens (tertiary/aromatic N) is 8. The standard InChI is InChI=1S/C28H29N9O2/c1-19-13-21(6-7-24(19)39-22-8-11-36-25(14-22)29-17-31-36)33-28-27-23(9-12-37(27)32-18-30-28)20-15-35(16-20)26(38)5-4-10-34(2)3/h4-9,11-14,17-18,20H,10,15-16H2,1-3H3,(H,30,32,33)/b5-4+. The highest BCUT2D eigenvalue weighted by atomic mass is 16.5. The number of rotatable bonds is 8. The van der Waals surface area contributed by atoms with Crippen LogP contribution in [-0.2, 0) is 4.79 Å². The summed E-state index contributed by atoms with van der Waals surface area (Å²) in [6.45, 7) is 4.09. The van der Waals surface area contributed by atoms with E-state index in [1.54, 1.807) is 10.6 Å². The number of nitrogens with one attached hydrogen (secondary N) is 1. The molecule has 198 valence electrons. The summed E-state index contributed by atoms with van der Waals surface area (Å²) in [6.07, 6.45) is 10.4. The van der Waals surface area contributed by atoms with E-state index in [1.165, 1.54) is 12.7 Å². The van der Waals surface area contributed by atoms with Gasteiger partial charge in [-0.3, -0.25) is 4.79 Å². The maximum atomic E-state index is 12.5. The molecule has 0 saturated carbocycles. The van der Waals surface area contributed by atoms with Gasteiger partial charge in [-0.25, -0.2) is 19.0 Å². The number of pyridine rings is 1. The molecule has 11 heteroatoms. The van der Waals surface area contributed by atoms with Gasteiger partial charge in [0.2, 0.25) is 5.91 Å². The summed E-state index contributed by atoms with van der Waals surface area (Å²) in [4.78, 5) is 25.1. The van der Waals surface area contributed by atoms with Gasteiger partial charge in [0.15, 0.2) is 11.5 Å². The van der Waals surface area contributed by atoms with E-state index in [-0.39, 0.29) is 11.8 Å². The fourth-order valence-electron chi connectivity index (χ4n) is 4.69. The van der Waals surface area contributed by atoms with Crippen LogP contribution >= 0.6 is 0 Å². The Labute approximate surface area is 225 Å². The molecule has 5 aromatic rings. The van der Waals surface area contributed by atoms with Crippen LogP contribution < -0.4 is 10.1 Å². The highest BCUT2D eigenvalue weighted by Crippen LogP contribution is 2.35. The molecule has 0 spiro atoms. The summed E-state index contributed by atoms with van der Waals surface area (Å²) in [5, 5.41) is 12.0. The van der Waals surface area contributed by atoms with Crippen LogP contribution in [0.5, 0.6) is 11.5 Å². The minimum Gasteiger partial charge on any atom is -0.457 e. The second-order valence-corrected chi connectivity index (χ2v) is 9.91. The third kappa shape index (κ3) is 5.04. The predicted molar refractivity (Wildman–Crippen MR) is 148 cm³/mol. The summed E-state index contributed by atoms with van der Waals surface area (Å²) >= 11 is 0. The second-order valence-electron chi connectivity index (χ2n) is 9.91. The lowest BCUT2D eigenvalue weighted by Gasteiger charge is -2.38. The minimum absolute atomic E-state index is 0.0466. The minimum atomic E-state index is 0.0466. The zero-order valence-corrected chi connectivity index (χ0v) is 22.0. The zero-order chi connectivity index (χ0) is 26.9. The van der Waals surface area contributed by atoms with E-state index in [4.69, 9.17) is 4.74 Å². The van der Waals surface area contributed by atoms with Gasteiger partial charge in [-0.15, -0.1) is 0 Å². The molecule has 1 aliphatic rings. The van der Waals surface area contributed by atoms with Gasteiger partial charge in [0, 0.05) is 55.8 Å². The third-order valence-electron chi connectivity index (χ3n) is 6.77. The van der Waals surface area contributed by atoms with Crippen LogP contribution in [0, 0.1) is 6.92 Å². The maximum absolute atomic E-state index is 12.5. The molecule has 0 radical (unpaired) electrons. The Balaban J connectivity index is 1.17. The van der Waals surface area contributed by atoms with Gasteiger partial charge in [0.1, 0.15) is 29.7 Å². The van der Waals surface area contributed by atoms with Gasteiger partial charge < -0.3 is 19.9 Å². The molecule has 0 aliphatic carbocycles. The van der Waals surface area contributed by atoms with Crippen molar-refractivity contribution in [3.05, 3.63) is 84.7 Å². The van der Waals surface area contributed by atoms with E-state index in [1.807, 2.05) is 84.1 Å². The number of amides is 1. The largest absolute Gasteiger partial charge is 0.457 e. The SMILES string of the molecule is Cc1cc(Nc2ncnn3ccc(C4CN(C(=O)/C=C/CN(C)C)C4)c23)ccc1Oc1ccn2ncnc2c1. The molecule has 6 rings (SSSR count). The van der Waals surface area contributed by atoms with Gasteiger partial charge in [-0.05, 0) is 62.5 Å². The number of likely N-dealkylation sites (tertiary alicyclic amines) is 1. The quantitative estimate of drug-likeness (QED) is 0.307. The van der Waals surface area contributed by atoms with Gasteiger partial charge in [-0.2, -0.15) is 10.2 Å². The van der Waals surface area contributed by atoms with Crippen LogP contribution in [0.25, 0.3) is 11.2 Å². The molecule has 4 aromatic heterocycles. The van der Waals surface area contributed by atoms with Crippen LogP contribution in [0.15, 0.2) is 73.6 Å². The molecule has 11 nitrogen and oxygen atoms in total. The number of aromatic nitrogens is 6. The smallest absolute Gasteiger partial charge is 0.246 e. The first-order chi connectivity index (χ1) is 18.9. The highest BCUT2D eigenvalue weighted by molar-refractivity contribution is 5.88. The van der Waals surface area contributed by atoms with Gasteiger partial charge >= 0.3 is 0 Å². The Morgan fingerprint density at radius 1 is 1.08 bits per heavy atom. The van der Waals surface area contributed by atoms with E-state index in [9.17, 15) is 4.79 Å². The van der Waals surface area contributed by atoms with Gasteiger partial charge in [0.05, 0.1) is 0 Å². The number of carbonyl (C=O) groups excluding carboxylic acids is 1. The summed E-state index contributed by atoms with van der Waals surface area (Å²) in [5.74, 6) is 2.43. The predicted octanol–water partition coefficient (Wildman–Crippen LogP) is 3.66. The number of ether oxygens (including phenoxy) is 1. The Morgan fingerprint density at radius 2 is 1.87 bits per heavy atom. The van der Waals surface area contributed by atoms with Crippen LogP contribution in [0.1, 0.15) is 17.0 Å². The van der Waals surface area contributed by atoms with Crippen molar-refractivity contribution >= 4 is 28.6 Å². The van der Waals surface area contributed by atoms with Crippen molar-refractivity contribution < 1.29 is 9.53 Å². The number of hydrogen-bond acceptors (Lipinski definition) is 8. The average Bonchev–Trinajstić information content (AvgIpc) is 3.52. The normalized spacial score (nSPS) is 14.0. The van der Waals surface area contributed by atoms with Crippen molar-refractivity contribution in [3.8, 4) is 11.5 Å².